The van der Waals surface area contributed by atoms with Crippen LogP contribution in [-0.4, -0.2) is 68.7 Å². The summed E-state index contributed by atoms with van der Waals surface area (Å²) in [5.41, 5.74) is 1.50. The Labute approximate surface area is 238 Å². The lowest BCUT2D eigenvalue weighted by Crippen LogP contribution is -2.10. The molecule has 0 atom stereocenters. The van der Waals surface area contributed by atoms with E-state index < -0.39 is 23.9 Å². The third kappa shape index (κ3) is 5.05. The van der Waals surface area contributed by atoms with Crippen molar-refractivity contribution in [1.29, 1.82) is 0 Å². The number of carboxylic acid groups (broad SMARTS) is 1. The summed E-state index contributed by atoms with van der Waals surface area (Å²) < 4.78 is 15.9. The first-order chi connectivity index (χ1) is 20.3. The number of ether oxygens (including phenoxy) is 3. The lowest BCUT2D eigenvalue weighted by atomic mass is 10.1. The Hall–Kier alpha value is -5.52. The summed E-state index contributed by atoms with van der Waals surface area (Å²) in [5, 5.41) is 10.2. The van der Waals surface area contributed by atoms with Gasteiger partial charge in [0.05, 0.1) is 64.7 Å². The molecule has 3 aromatic rings. The smallest absolute Gasteiger partial charge is 0.342 e. The van der Waals surface area contributed by atoms with Crippen molar-refractivity contribution >= 4 is 70.2 Å². The van der Waals surface area contributed by atoms with Gasteiger partial charge >= 0.3 is 23.9 Å². The predicted octanol–water partition coefficient (Wildman–Crippen LogP) is 4.88. The number of fused-ring (bicyclic) bond motifs is 8. The molecule has 214 valence electrons. The maximum atomic E-state index is 13.2. The summed E-state index contributed by atoms with van der Waals surface area (Å²) in [7, 11) is 0. The molecule has 0 aromatic carbocycles. The topological polar surface area (TPSA) is 174 Å². The molecular weight excluding hydrogens is 544 g/mol. The average Bonchev–Trinajstić information content (AvgIpc) is 3.75. The van der Waals surface area contributed by atoms with Gasteiger partial charge in [-0.3, -0.25) is 0 Å². The van der Waals surface area contributed by atoms with Crippen LogP contribution < -0.4 is 0 Å². The van der Waals surface area contributed by atoms with E-state index >= 15 is 0 Å². The summed E-state index contributed by atoms with van der Waals surface area (Å²) in [6.45, 7) is 5.23. The van der Waals surface area contributed by atoms with Gasteiger partial charge in [0, 0.05) is 0 Å². The molecule has 5 rings (SSSR count). The number of esters is 3. The fourth-order valence-electron chi connectivity index (χ4n) is 4.69. The first-order valence-corrected chi connectivity index (χ1v) is 13.2. The molecule has 3 aromatic heterocycles. The molecule has 5 heterocycles. The Morgan fingerprint density at radius 2 is 0.881 bits per heavy atom. The van der Waals surface area contributed by atoms with Crippen LogP contribution >= 0.6 is 0 Å². The number of hydrogen-bond acceptors (Lipinski definition) is 9. The lowest BCUT2D eigenvalue weighted by Gasteiger charge is -2.05. The van der Waals surface area contributed by atoms with E-state index in [1.807, 2.05) is 0 Å². The Morgan fingerprint density at radius 1 is 0.571 bits per heavy atom. The second-order valence-corrected chi connectivity index (χ2v) is 8.97. The number of nitrogens with zero attached hydrogens (tertiary/aromatic N) is 2. The van der Waals surface area contributed by atoms with E-state index in [4.69, 9.17) is 14.2 Å². The van der Waals surface area contributed by atoms with Crippen molar-refractivity contribution in [3.05, 3.63) is 69.3 Å². The summed E-state index contributed by atoms with van der Waals surface area (Å²) in [6, 6.07) is 6.10. The maximum absolute atomic E-state index is 13.2. The van der Waals surface area contributed by atoms with E-state index in [0.717, 1.165) is 0 Å². The molecule has 12 heteroatoms. The van der Waals surface area contributed by atoms with E-state index in [1.54, 1.807) is 32.9 Å². The number of aromatic carboxylic acids is 1. The summed E-state index contributed by atoms with van der Waals surface area (Å²) in [5.74, 6) is -3.36. The molecule has 0 saturated heterocycles. The van der Waals surface area contributed by atoms with Gasteiger partial charge in [0.1, 0.15) is 22.3 Å². The van der Waals surface area contributed by atoms with Gasteiger partial charge in [0.2, 0.25) is 0 Å². The number of carbonyl (C=O) groups excluding carboxylic acids is 3. The van der Waals surface area contributed by atoms with Crippen LogP contribution in [0.3, 0.4) is 0 Å². The Morgan fingerprint density at radius 3 is 1.21 bits per heavy atom. The standard InChI is InChI=1S/C30H26N4O8/c1-4-40-28(37)24-17-9-7-15(31-17)23(27(35)36)16-8-10-18(32-16)25(29(38)41-5-2)20-12-14-22(34-20)26(30(39)42-6-3)21-13-11-19(24)33-21/h7-14,31-32H,4-6H2,1-3H3,(H,35,36). The number of hydrogen-bond donors (Lipinski definition) is 3. The molecule has 0 saturated carbocycles. The molecule has 0 radical (unpaired) electrons. The number of carbonyl (C=O) groups is 4. The van der Waals surface area contributed by atoms with Crippen LogP contribution in [0.5, 0.6) is 0 Å². The van der Waals surface area contributed by atoms with Crippen molar-refractivity contribution in [2.24, 2.45) is 0 Å². The van der Waals surface area contributed by atoms with Crippen LogP contribution in [0.25, 0.3) is 46.4 Å². The third-order valence-corrected chi connectivity index (χ3v) is 6.41. The SMILES string of the molecule is CCOC(=O)c1c2nc(c(C(=O)OCC)c3ccc([nH]3)c(C(=O)O)c3ccc([nH]3)c(C(=O)OCC)c3nc1C=C3)C=C2. The molecule has 2 aliphatic heterocycles. The fourth-order valence-corrected chi connectivity index (χ4v) is 4.69. The molecule has 0 aliphatic carbocycles. The number of aromatic amines is 2. The minimum absolute atomic E-state index is 0.0220. The summed E-state index contributed by atoms with van der Waals surface area (Å²) in [6.07, 6.45) is 6.16. The average molecular weight is 571 g/mol. The zero-order chi connectivity index (χ0) is 30.0. The third-order valence-electron chi connectivity index (χ3n) is 6.41. The highest BCUT2D eigenvalue weighted by Gasteiger charge is 2.25. The zero-order valence-electron chi connectivity index (χ0n) is 22.9. The van der Waals surface area contributed by atoms with Crippen LogP contribution in [0.2, 0.25) is 0 Å². The Balaban J connectivity index is 2.01. The predicted molar refractivity (Wildman–Crippen MR) is 154 cm³/mol. The van der Waals surface area contributed by atoms with Gasteiger partial charge in [-0.25, -0.2) is 29.1 Å². The van der Waals surface area contributed by atoms with E-state index in [1.165, 1.54) is 36.4 Å². The minimum Gasteiger partial charge on any atom is -0.478 e. The normalized spacial score (nSPS) is 11.8. The van der Waals surface area contributed by atoms with Crippen molar-refractivity contribution in [3.63, 3.8) is 0 Å². The first kappa shape index (κ1) is 28.0. The van der Waals surface area contributed by atoms with Crippen LogP contribution in [0, 0.1) is 0 Å². The molecule has 0 fully saturated rings. The maximum Gasteiger partial charge on any atom is 0.342 e. The van der Waals surface area contributed by atoms with Crippen molar-refractivity contribution in [1.82, 2.24) is 19.9 Å². The fraction of sp³-hybridized carbons (Fsp3) is 0.200. The lowest BCUT2D eigenvalue weighted by molar-refractivity contribution is 0.0517. The van der Waals surface area contributed by atoms with Crippen LogP contribution in [0.15, 0.2) is 24.3 Å². The molecular formula is C30H26N4O8. The van der Waals surface area contributed by atoms with E-state index in [-0.39, 0.29) is 86.9 Å². The zero-order valence-corrected chi connectivity index (χ0v) is 22.9. The number of H-pyrrole nitrogens is 2. The highest BCUT2D eigenvalue weighted by molar-refractivity contribution is 6.08. The molecule has 8 bridgehead atoms. The van der Waals surface area contributed by atoms with Crippen molar-refractivity contribution in [2.75, 3.05) is 19.8 Å². The first-order valence-electron chi connectivity index (χ1n) is 13.2. The highest BCUT2D eigenvalue weighted by Crippen LogP contribution is 2.28. The molecule has 3 N–H and O–H groups in total. The Bertz CT molecular complexity index is 1750. The molecule has 12 nitrogen and oxygen atoms in total. The number of rotatable bonds is 7. The number of carboxylic acids is 1. The second kappa shape index (κ2) is 11.5. The highest BCUT2D eigenvalue weighted by atomic mass is 16.5. The van der Waals surface area contributed by atoms with Gasteiger partial charge < -0.3 is 29.3 Å². The van der Waals surface area contributed by atoms with Crippen LogP contribution in [0.4, 0.5) is 0 Å². The van der Waals surface area contributed by atoms with Crippen molar-refractivity contribution in [2.45, 2.75) is 20.8 Å². The summed E-state index contributed by atoms with van der Waals surface area (Å²) >= 11 is 0. The molecule has 42 heavy (non-hydrogen) atoms. The second-order valence-electron chi connectivity index (χ2n) is 8.97. The number of aromatic nitrogens is 4. The van der Waals surface area contributed by atoms with E-state index in [9.17, 15) is 24.3 Å². The van der Waals surface area contributed by atoms with Gasteiger partial charge in [0.25, 0.3) is 0 Å². The number of nitrogens with one attached hydrogen (secondary N) is 2. The van der Waals surface area contributed by atoms with Gasteiger partial charge in [-0.15, -0.1) is 0 Å². The van der Waals surface area contributed by atoms with E-state index in [2.05, 4.69) is 19.9 Å². The minimum atomic E-state index is -1.26. The van der Waals surface area contributed by atoms with E-state index in [0.29, 0.717) is 0 Å². The van der Waals surface area contributed by atoms with Crippen LogP contribution in [-0.2, 0) is 14.2 Å². The molecule has 0 amide bonds. The van der Waals surface area contributed by atoms with Gasteiger partial charge in [-0.1, -0.05) is 0 Å². The van der Waals surface area contributed by atoms with Crippen molar-refractivity contribution in [3.8, 4) is 0 Å². The van der Waals surface area contributed by atoms with Crippen molar-refractivity contribution < 1.29 is 38.5 Å². The quantitative estimate of drug-likeness (QED) is 0.181. The van der Waals surface area contributed by atoms with Gasteiger partial charge in [-0.2, -0.15) is 0 Å². The van der Waals surface area contributed by atoms with Crippen LogP contribution in [0.1, 0.15) is 85.0 Å². The van der Waals surface area contributed by atoms with Gasteiger partial charge in [-0.05, 0) is 69.3 Å². The molecule has 0 unspecified atom stereocenters. The molecule has 2 aliphatic rings. The van der Waals surface area contributed by atoms with Gasteiger partial charge in [0.15, 0.2) is 0 Å². The Kier molecular flexibility index (Phi) is 7.69. The molecule has 0 spiro atoms. The summed E-state index contributed by atoms with van der Waals surface area (Å²) in [4.78, 5) is 67.0. The largest absolute Gasteiger partial charge is 0.478 e. The monoisotopic (exact) mass is 570 g/mol.